The van der Waals surface area contributed by atoms with Crippen LogP contribution in [0.15, 0.2) is 23.1 Å². The second-order valence-corrected chi connectivity index (χ2v) is 5.45. The summed E-state index contributed by atoms with van der Waals surface area (Å²) in [6.07, 6.45) is 0.509. The van der Waals surface area contributed by atoms with E-state index in [4.69, 9.17) is 15.6 Å². The van der Waals surface area contributed by atoms with Crippen LogP contribution in [0, 0.1) is 0 Å². The van der Waals surface area contributed by atoms with Gasteiger partial charge in [-0.2, -0.15) is 0 Å². The molecule has 0 bridgehead atoms. The third-order valence-corrected chi connectivity index (χ3v) is 3.87. The lowest BCUT2D eigenvalue weighted by molar-refractivity contribution is 0.0696. The molecule has 8 heteroatoms. The lowest BCUT2D eigenvalue weighted by atomic mass is 10.2. The molecular weight excluding hydrogens is 272 g/mol. The first-order valence-electron chi connectivity index (χ1n) is 5.53. The third-order valence-electron chi connectivity index (χ3n) is 2.37. The molecule has 1 aromatic carbocycles. The Morgan fingerprint density at radius 3 is 2.68 bits per heavy atom. The highest BCUT2D eigenvalue weighted by Crippen LogP contribution is 2.24. The van der Waals surface area contributed by atoms with E-state index < -0.39 is 16.0 Å². The van der Waals surface area contributed by atoms with Crippen LogP contribution in [-0.4, -0.2) is 39.7 Å². The van der Waals surface area contributed by atoms with Gasteiger partial charge in [-0.05, 0) is 31.2 Å². The van der Waals surface area contributed by atoms with Crippen molar-refractivity contribution in [3.63, 3.8) is 0 Å². The number of benzene rings is 1. The molecule has 0 aliphatic carbocycles. The quantitative estimate of drug-likeness (QED) is 0.609. The van der Waals surface area contributed by atoms with E-state index in [0.717, 1.165) is 0 Å². The van der Waals surface area contributed by atoms with Crippen molar-refractivity contribution in [2.45, 2.75) is 11.3 Å². The number of carboxylic acid groups (broad SMARTS) is 1. The average molecular weight is 288 g/mol. The molecule has 0 unspecified atom stereocenters. The van der Waals surface area contributed by atoms with Gasteiger partial charge in [-0.25, -0.2) is 17.9 Å². The van der Waals surface area contributed by atoms with Crippen molar-refractivity contribution in [3.05, 3.63) is 23.8 Å². The van der Waals surface area contributed by atoms with E-state index in [2.05, 4.69) is 4.72 Å². The van der Waals surface area contributed by atoms with Gasteiger partial charge in [0.05, 0.1) is 12.7 Å². The summed E-state index contributed by atoms with van der Waals surface area (Å²) in [5, 5.41) is 8.84. The van der Waals surface area contributed by atoms with Gasteiger partial charge in [0, 0.05) is 6.54 Å². The lowest BCUT2D eigenvalue weighted by Gasteiger charge is -2.11. The van der Waals surface area contributed by atoms with Gasteiger partial charge in [0.25, 0.3) is 0 Å². The van der Waals surface area contributed by atoms with Crippen LogP contribution in [-0.2, 0) is 10.0 Å². The highest BCUT2D eigenvalue weighted by Gasteiger charge is 2.20. The standard InChI is InChI=1S/C11H16N2O5S/c1-18-9-7-8(11(14)15)3-4-10(9)19(16,17)13-6-2-5-12/h3-4,7,13H,2,5-6,12H2,1H3,(H,14,15). The normalized spacial score (nSPS) is 11.3. The minimum Gasteiger partial charge on any atom is -0.495 e. The number of carboxylic acids is 1. The molecule has 1 rings (SSSR count). The number of carbonyl (C=O) groups is 1. The number of nitrogens with two attached hydrogens (primary N) is 1. The van der Waals surface area contributed by atoms with Crippen molar-refractivity contribution in [2.75, 3.05) is 20.2 Å². The molecule has 0 atom stereocenters. The fraction of sp³-hybridized carbons (Fsp3) is 0.364. The van der Waals surface area contributed by atoms with Crippen LogP contribution >= 0.6 is 0 Å². The van der Waals surface area contributed by atoms with E-state index in [1.54, 1.807) is 0 Å². The van der Waals surface area contributed by atoms with Gasteiger partial charge in [-0.3, -0.25) is 0 Å². The monoisotopic (exact) mass is 288 g/mol. The molecule has 106 valence electrons. The van der Waals surface area contributed by atoms with Crippen molar-refractivity contribution in [1.29, 1.82) is 0 Å². The van der Waals surface area contributed by atoms with E-state index >= 15 is 0 Å². The molecule has 0 aromatic heterocycles. The molecule has 0 amide bonds. The van der Waals surface area contributed by atoms with E-state index in [0.29, 0.717) is 13.0 Å². The summed E-state index contributed by atoms with van der Waals surface area (Å²) < 4.78 is 31.3. The summed E-state index contributed by atoms with van der Waals surface area (Å²) in [5.74, 6) is -1.17. The van der Waals surface area contributed by atoms with E-state index in [1.165, 1.54) is 25.3 Å². The molecular formula is C11H16N2O5S. The topological polar surface area (TPSA) is 119 Å². The van der Waals surface area contributed by atoms with Gasteiger partial charge >= 0.3 is 5.97 Å². The van der Waals surface area contributed by atoms with E-state index in [-0.39, 0.29) is 22.8 Å². The SMILES string of the molecule is COc1cc(C(=O)O)ccc1S(=O)(=O)NCCCN. The Hall–Kier alpha value is -1.64. The highest BCUT2D eigenvalue weighted by atomic mass is 32.2. The molecule has 0 radical (unpaired) electrons. The number of ether oxygens (including phenoxy) is 1. The molecule has 0 spiro atoms. The molecule has 0 heterocycles. The Balaban J connectivity index is 3.09. The summed E-state index contributed by atoms with van der Waals surface area (Å²) in [4.78, 5) is 10.7. The van der Waals surface area contributed by atoms with Gasteiger partial charge in [-0.1, -0.05) is 0 Å². The van der Waals surface area contributed by atoms with Gasteiger partial charge in [0.2, 0.25) is 10.0 Å². The zero-order valence-corrected chi connectivity index (χ0v) is 11.2. The van der Waals surface area contributed by atoms with Gasteiger partial charge in [0.15, 0.2) is 0 Å². The molecule has 1 aromatic rings. The van der Waals surface area contributed by atoms with Crippen molar-refractivity contribution in [1.82, 2.24) is 4.72 Å². The summed E-state index contributed by atoms with van der Waals surface area (Å²) >= 11 is 0. The Kier molecular flexibility index (Phi) is 5.28. The maximum Gasteiger partial charge on any atom is 0.335 e. The minimum absolute atomic E-state index is 0.0138. The number of nitrogens with one attached hydrogen (secondary N) is 1. The lowest BCUT2D eigenvalue weighted by Crippen LogP contribution is -2.26. The molecule has 0 aliphatic rings. The first-order valence-corrected chi connectivity index (χ1v) is 7.01. The van der Waals surface area contributed by atoms with Crippen molar-refractivity contribution < 1.29 is 23.1 Å². The predicted octanol–water partition coefficient (Wildman–Crippen LogP) is 0.0205. The maximum absolute atomic E-state index is 12.0. The fourth-order valence-corrected chi connectivity index (χ4v) is 2.63. The van der Waals surface area contributed by atoms with Crippen LogP contribution in [0.2, 0.25) is 0 Å². The summed E-state index contributed by atoms with van der Waals surface area (Å²) in [6, 6.07) is 3.58. The van der Waals surface area contributed by atoms with Gasteiger partial charge in [0.1, 0.15) is 10.6 Å². The Morgan fingerprint density at radius 1 is 1.47 bits per heavy atom. The van der Waals surface area contributed by atoms with Crippen molar-refractivity contribution in [2.24, 2.45) is 5.73 Å². The summed E-state index contributed by atoms with van der Waals surface area (Å²) in [7, 11) is -2.46. The molecule has 19 heavy (non-hydrogen) atoms. The molecule has 0 aliphatic heterocycles. The molecule has 0 saturated heterocycles. The third kappa shape index (κ3) is 3.91. The first kappa shape index (κ1) is 15.4. The van der Waals surface area contributed by atoms with Crippen LogP contribution < -0.4 is 15.2 Å². The van der Waals surface area contributed by atoms with Crippen molar-refractivity contribution in [3.8, 4) is 5.75 Å². The summed E-state index contributed by atoms with van der Waals surface area (Å²) in [6.45, 7) is 0.584. The number of methoxy groups -OCH3 is 1. The summed E-state index contributed by atoms with van der Waals surface area (Å²) in [5.41, 5.74) is 5.24. The first-order chi connectivity index (χ1) is 8.92. The van der Waals surface area contributed by atoms with E-state index in [1.807, 2.05) is 0 Å². The molecule has 7 nitrogen and oxygen atoms in total. The van der Waals surface area contributed by atoms with Crippen molar-refractivity contribution >= 4 is 16.0 Å². The smallest absolute Gasteiger partial charge is 0.335 e. The zero-order chi connectivity index (χ0) is 14.5. The van der Waals surface area contributed by atoms with Crippen LogP contribution in [0.4, 0.5) is 0 Å². The van der Waals surface area contributed by atoms with E-state index in [9.17, 15) is 13.2 Å². The highest BCUT2D eigenvalue weighted by molar-refractivity contribution is 7.89. The Bertz CT molecular complexity index is 556. The predicted molar refractivity (Wildman–Crippen MR) is 68.8 cm³/mol. The number of hydrogen-bond donors (Lipinski definition) is 3. The van der Waals surface area contributed by atoms with Crippen LogP contribution in [0.1, 0.15) is 16.8 Å². The zero-order valence-electron chi connectivity index (χ0n) is 10.4. The van der Waals surface area contributed by atoms with Gasteiger partial charge < -0.3 is 15.6 Å². The second-order valence-electron chi connectivity index (χ2n) is 3.71. The number of aromatic carboxylic acids is 1. The molecule has 0 fully saturated rings. The number of hydrogen-bond acceptors (Lipinski definition) is 5. The molecule has 4 N–H and O–H groups in total. The largest absolute Gasteiger partial charge is 0.495 e. The van der Waals surface area contributed by atoms with Crippen LogP contribution in [0.5, 0.6) is 5.75 Å². The maximum atomic E-state index is 12.0. The number of rotatable bonds is 7. The Morgan fingerprint density at radius 2 is 2.16 bits per heavy atom. The average Bonchev–Trinajstić information content (AvgIpc) is 2.38. The fourth-order valence-electron chi connectivity index (χ4n) is 1.41. The minimum atomic E-state index is -3.74. The van der Waals surface area contributed by atoms with Crippen LogP contribution in [0.25, 0.3) is 0 Å². The second kappa shape index (κ2) is 6.50. The van der Waals surface area contributed by atoms with Gasteiger partial charge in [-0.15, -0.1) is 0 Å². The Labute approximate surface area is 111 Å². The molecule has 0 saturated carbocycles. The van der Waals surface area contributed by atoms with Crippen LogP contribution in [0.3, 0.4) is 0 Å². The number of sulfonamides is 1.